The minimum absolute atomic E-state index is 0.00328. The SMILES string of the molecule is O=C(CSc1ncnc2sc3c(c12)CCC3)Nc1cc(C(F)(F)F)ccc1Cl. The lowest BCUT2D eigenvalue weighted by atomic mass is 10.2. The van der Waals surface area contributed by atoms with Gasteiger partial charge in [0.25, 0.3) is 0 Å². The Hall–Kier alpha value is -1.84. The summed E-state index contributed by atoms with van der Waals surface area (Å²) in [6, 6.07) is 2.83. The highest BCUT2D eigenvalue weighted by Crippen LogP contribution is 2.40. The highest BCUT2D eigenvalue weighted by molar-refractivity contribution is 8.00. The second-order valence-electron chi connectivity index (χ2n) is 6.25. The fourth-order valence-electron chi connectivity index (χ4n) is 3.13. The number of alkyl halides is 3. The highest BCUT2D eigenvalue weighted by atomic mass is 35.5. The van der Waals surface area contributed by atoms with Crippen LogP contribution in [-0.2, 0) is 23.8 Å². The molecule has 1 aliphatic rings. The third kappa shape index (κ3) is 3.83. The average Bonchev–Trinajstić information content (AvgIpc) is 3.21. The monoisotopic (exact) mass is 443 g/mol. The topological polar surface area (TPSA) is 54.9 Å². The maximum absolute atomic E-state index is 12.9. The molecule has 0 spiro atoms. The summed E-state index contributed by atoms with van der Waals surface area (Å²) in [7, 11) is 0. The highest BCUT2D eigenvalue weighted by Gasteiger charge is 2.31. The minimum Gasteiger partial charge on any atom is -0.324 e. The number of nitrogens with zero attached hydrogens (tertiary/aromatic N) is 2. The average molecular weight is 444 g/mol. The molecule has 1 N–H and O–H groups in total. The predicted octanol–water partition coefficient (Wildman–Crippen LogP) is 5.58. The Balaban J connectivity index is 1.50. The standard InChI is InChI=1S/C18H13ClF3N3OS2/c19-11-5-4-9(18(20,21)22)6-12(11)25-14(26)7-27-16-15-10-2-1-3-13(10)28-17(15)24-8-23-16/h4-6,8H,1-3,7H2,(H,25,26). The third-order valence-corrected chi connectivity index (χ3v) is 6.89. The molecule has 0 saturated heterocycles. The number of rotatable bonds is 4. The van der Waals surface area contributed by atoms with Crippen molar-refractivity contribution in [3.05, 3.63) is 45.6 Å². The number of anilines is 1. The van der Waals surface area contributed by atoms with Gasteiger partial charge in [0.1, 0.15) is 16.2 Å². The second-order valence-corrected chi connectivity index (χ2v) is 8.70. The number of hydrogen-bond acceptors (Lipinski definition) is 5. The van der Waals surface area contributed by atoms with E-state index in [2.05, 4.69) is 15.3 Å². The molecule has 0 fully saturated rings. The fraction of sp³-hybridized carbons (Fsp3) is 0.278. The summed E-state index contributed by atoms with van der Waals surface area (Å²) in [5.74, 6) is -0.451. The van der Waals surface area contributed by atoms with Gasteiger partial charge in [-0.1, -0.05) is 23.4 Å². The van der Waals surface area contributed by atoms with Gasteiger partial charge in [-0.15, -0.1) is 11.3 Å². The number of halogens is 4. The first kappa shape index (κ1) is 19.5. The third-order valence-electron chi connectivity index (χ3n) is 4.37. The van der Waals surface area contributed by atoms with Crippen LogP contribution in [-0.4, -0.2) is 21.6 Å². The van der Waals surface area contributed by atoms with E-state index in [1.54, 1.807) is 11.3 Å². The van der Waals surface area contributed by atoms with Crippen LogP contribution in [0.15, 0.2) is 29.6 Å². The normalized spacial score (nSPS) is 13.7. The fourth-order valence-corrected chi connectivity index (χ4v) is 5.41. The molecule has 0 bridgehead atoms. The zero-order chi connectivity index (χ0) is 19.9. The summed E-state index contributed by atoms with van der Waals surface area (Å²) in [6.45, 7) is 0. The van der Waals surface area contributed by atoms with Gasteiger partial charge in [-0.3, -0.25) is 4.79 Å². The van der Waals surface area contributed by atoms with Gasteiger partial charge in [0, 0.05) is 10.3 Å². The summed E-state index contributed by atoms with van der Waals surface area (Å²) in [5, 5.41) is 4.21. The Morgan fingerprint density at radius 2 is 2.11 bits per heavy atom. The maximum atomic E-state index is 12.9. The van der Waals surface area contributed by atoms with Gasteiger partial charge in [0.05, 0.1) is 22.0 Å². The van der Waals surface area contributed by atoms with Gasteiger partial charge in [-0.05, 0) is 43.0 Å². The first-order valence-corrected chi connectivity index (χ1v) is 10.6. The number of carbonyl (C=O) groups is 1. The van der Waals surface area contributed by atoms with Crippen LogP contribution in [0.2, 0.25) is 5.02 Å². The van der Waals surface area contributed by atoms with Gasteiger partial charge >= 0.3 is 6.18 Å². The number of carbonyl (C=O) groups excluding carboxylic acids is 1. The smallest absolute Gasteiger partial charge is 0.324 e. The van der Waals surface area contributed by atoms with Gasteiger partial charge in [-0.2, -0.15) is 13.2 Å². The number of thiophene rings is 1. The van der Waals surface area contributed by atoms with E-state index in [1.165, 1.54) is 28.5 Å². The quantitative estimate of drug-likeness (QED) is 0.422. The van der Waals surface area contributed by atoms with Crippen LogP contribution >= 0.6 is 34.7 Å². The van der Waals surface area contributed by atoms with Crippen molar-refractivity contribution in [2.24, 2.45) is 0 Å². The molecule has 0 saturated carbocycles. The van der Waals surface area contributed by atoms with E-state index in [-0.39, 0.29) is 16.5 Å². The van der Waals surface area contributed by atoms with Crippen LogP contribution in [0.5, 0.6) is 0 Å². The van der Waals surface area contributed by atoms with Crippen molar-refractivity contribution in [2.75, 3.05) is 11.1 Å². The molecule has 10 heteroatoms. The number of thioether (sulfide) groups is 1. The molecule has 0 radical (unpaired) electrons. The Morgan fingerprint density at radius 1 is 1.29 bits per heavy atom. The van der Waals surface area contributed by atoms with E-state index in [4.69, 9.17) is 11.6 Å². The molecule has 4 rings (SSSR count). The lowest BCUT2D eigenvalue weighted by Gasteiger charge is -2.11. The van der Waals surface area contributed by atoms with Crippen molar-refractivity contribution in [1.29, 1.82) is 0 Å². The van der Waals surface area contributed by atoms with E-state index in [9.17, 15) is 18.0 Å². The van der Waals surface area contributed by atoms with E-state index in [0.29, 0.717) is 0 Å². The first-order valence-electron chi connectivity index (χ1n) is 8.37. The summed E-state index contributed by atoms with van der Waals surface area (Å²) in [5.41, 5.74) is 0.321. The van der Waals surface area contributed by atoms with E-state index >= 15 is 0 Å². The molecule has 4 nitrogen and oxygen atoms in total. The molecule has 0 aliphatic heterocycles. The molecule has 1 aromatic carbocycles. The van der Waals surface area contributed by atoms with E-state index in [1.807, 2.05) is 0 Å². The molecule has 146 valence electrons. The molecular formula is C18H13ClF3N3OS2. The predicted molar refractivity (Wildman–Crippen MR) is 105 cm³/mol. The molecule has 28 heavy (non-hydrogen) atoms. The van der Waals surface area contributed by atoms with Crippen LogP contribution in [0, 0.1) is 0 Å². The number of amides is 1. The molecule has 0 atom stereocenters. The van der Waals surface area contributed by atoms with Gasteiger partial charge in [0.15, 0.2) is 0 Å². The van der Waals surface area contributed by atoms with Gasteiger partial charge in [0.2, 0.25) is 5.91 Å². The Kier molecular flexibility index (Phi) is 5.24. The van der Waals surface area contributed by atoms with Crippen LogP contribution in [0.4, 0.5) is 18.9 Å². The maximum Gasteiger partial charge on any atom is 0.416 e. The molecule has 1 aliphatic carbocycles. The van der Waals surface area contributed by atoms with Crippen molar-refractivity contribution < 1.29 is 18.0 Å². The Labute approximate surface area is 171 Å². The van der Waals surface area contributed by atoms with Gasteiger partial charge < -0.3 is 5.32 Å². The summed E-state index contributed by atoms with van der Waals surface area (Å²) < 4.78 is 38.6. The number of aryl methyl sites for hydroxylation is 2. The van der Waals surface area contributed by atoms with Crippen LogP contribution in [0.1, 0.15) is 22.4 Å². The number of hydrogen-bond donors (Lipinski definition) is 1. The van der Waals surface area contributed by atoms with E-state index in [0.717, 1.165) is 52.7 Å². The summed E-state index contributed by atoms with van der Waals surface area (Å²) in [4.78, 5) is 23.1. The van der Waals surface area contributed by atoms with Gasteiger partial charge in [-0.25, -0.2) is 9.97 Å². The lowest BCUT2D eigenvalue weighted by Crippen LogP contribution is -2.15. The van der Waals surface area contributed by atoms with Crippen molar-refractivity contribution >= 4 is 56.5 Å². The summed E-state index contributed by atoms with van der Waals surface area (Å²) in [6.07, 6.45) is 0.0740. The first-order chi connectivity index (χ1) is 13.3. The van der Waals surface area contributed by atoms with Crippen LogP contribution in [0.3, 0.4) is 0 Å². The number of benzene rings is 1. The van der Waals surface area contributed by atoms with Crippen molar-refractivity contribution in [2.45, 2.75) is 30.5 Å². The second kappa shape index (κ2) is 7.53. The van der Waals surface area contributed by atoms with Crippen LogP contribution in [0.25, 0.3) is 10.2 Å². The van der Waals surface area contributed by atoms with Crippen molar-refractivity contribution in [3.8, 4) is 0 Å². The molecule has 3 aromatic rings. The number of aromatic nitrogens is 2. The molecule has 1 amide bonds. The zero-order valence-electron chi connectivity index (χ0n) is 14.3. The molecule has 0 unspecified atom stereocenters. The lowest BCUT2D eigenvalue weighted by molar-refractivity contribution is -0.137. The van der Waals surface area contributed by atoms with Crippen molar-refractivity contribution in [1.82, 2.24) is 9.97 Å². The van der Waals surface area contributed by atoms with Crippen molar-refractivity contribution in [3.63, 3.8) is 0 Å². The number of nitrogens with one attached hydrogen (secondary N) is 1. The zero-order valence-corrected chi connectivity index (χ0v) is 16.7. The Bertz CT molecular complexity index is 1070. The molecule has 2 aromatic heterocycles. The molecule has 2 heterocycles. The van der Waals surface area contributed by atoms with Crippen LogP contribution < -0.4 is 5.32 Å². The number of fused-ring (bicyclic) bond motifs is 3. The minimum atomic E-state index is -4.51. The molecular weight excluding hydrogens is 431 g/mol. The Morgan fingerprint density at radius 3 is 2.89 bits per heavy atom. The van der Waals surface area contributed by atoms with E-state index < -0.39 is 17.6 Å². The largest absolute Gasteiger partial charge is 0.416 e. The summed E-state index contributed by atoms with van der Waals surface area (Å²) >= 11 is 8.82.